The van der Waals surface area contributed by atoms with Gasteiger partial charge in [-0.1, -0.05) is 19.3 Å². The zero-order valence-corrected chi connectivity index (χ0v) is 17.3. The van der Waals surface area contributed by atoms with Crippen LogP contribution >= 0.6 is 0 Å². The number of benzene rings is 1. The Kier molecular flexibility index (Phi) is 5.32. The second kappa shape index (κ2) is 7.51. The SMILES string of the molecule is NC/C(=C\F)COc1ccc(S(=O)(=O)CC23CC(C(=O)CC4CCC4)(C2)C3)cc1. The van der Waals surface area contributed by atoms with Crippen molar-refractivity contribution >= 4 is 15.6 Å². The first-order valence-electron chi connectivity index (χ1n) is 10.3. The van der Waals surface area contributed by atoms with Crippen molar-refractivity contribution < 1.29 is 22.3 Å². The van der Waals surface area contributed by atoms with Crippen LogP contribution in [0.25, 0.3) is 0 Å². The van der Waals surface area contributed by atoms with Gasteiger partial charge in [0.25, 0.3) is 0 Å². The molecular formula is C22H28FNO4S. The van der Waals surface area contributed by atoms with Gasteiger partial charge in [-0.05, 0) is 54.9 Å². The summed E-state index contributed by atoms with van der Waals surface area (Å²) in [7, 11) is -3.43. The molecular weight excluding hydrogens is 393 g/mol. The molecule has 29 heavy (non-hydrogen) atoms. The Morgan fingerprint density at radius 1 is 1.21 bits per heavy atom. The number of carbonyl (C=O) groups excluding carboxylic acids is 1. The van der Waals surface area contributed by atoms with Gasteiger partial charge in [0.05, 0.1) is 17.0 Å². The van der Waals surface area contributed by atoms with Crippen LogP contribution in [-0.4, -0.2) is 33.1 Å². The van der Waals surface area contributed by atoms with Crippen molar-refractivity contribution in [2.45, 2.75) is 49.8 Å². The maximum atomic E-state index is 12.8. The molecule has 1 aromatic carbocycles. The third-order valence-corrected chi connectivity index (χ3v) is 8.93. The Balaban J connectivity index is 1.31. The van der Waals surface area contributed by atoms with Gasteiger partial charge in [0.1, 0.15) is 18.1 Å². The Bertz CT molecular complexity index is 899. The number of rotatable bonds is 10. The minimum atomic E-state index is -3.43. The van der Waals surface area contributed by atoms with Crippen LogP contribution in [0.2, 0.25) is 0 Å². The molecule has 0 atom stereocenters. The molecule has 5 rings (SSSR count). The molecule has 7 heteroatoms. The number of Topliss-reactive ketones (excluding diaryl/α,β-unsaturated/α-hetero) is 1. The Morgan fingerprint density at radius 2 is 1.86 bits per heavy atom. The van der Waals surface area contributed by atoms with E-state index in [1.807, 2.05) is 0 Å². The molecule has 4 fully saturated rings. The summed E-state index contributed by atoms with van der Waals surface area (Å²) in [5.41, 5.74) is 5.28. The van der Waals surface area contributed by atoms with E-state index in [2.05, 4.69) is 0 Å². The second-order valence-corrected chi connectivity index (χ2v) is 11.2. The fourth-order valence-electron chi connectivity index (χ4n) is 5.16. The average molecular weight is 422 g/mol. The molecule has 2 N–H and O–H groups in total. The van der Waals surface area contributed by atoms with E-state index in [0.29, 0.717) is 35.8 Å². The highest BCUT2D eigenvalue weighted by atomic mass is 32.2. The fourth-order valence-corrected chi connectivity index (χ4v) is 6.99. The summed E-state index contributed by atoms with van der Waals surface area (Å²) in [5.74, 6) is 1.49. The molecule has 5 nitrogen and oxygen atoms in total. The first kappa shape index (κ1) is 20.5. The topological polar surface area (TPSA) is 86.5 Å². The van der Waals surface area contributed by atoms with E-state index in [1.165, 1.54) is 31.4 Å². The molecule has 0 heterocycles. The van der Waals surface area contributed by atoms with Crippen LogP contribution in [0.3, 0.4) is 0 Å². The van der Waals surface area contributed by atoms with Crippen LogP contribution in [0.4, 0.5) is 4.39 Å². The van der Waals surface area contributed by atoms with Gasteiger partial charge in [-0.25, -0.2) is 12.8 Å². The summed E-state index contributed by atoms with van der Waals surface area (Å²) in [6.07, 6.45) is 6.85. The number of hydrogen-bond acceptors (Lipinski definition) is 5. The van der Waals surface area contributed by atoms with Gasteiger partial charge < -0.3 is 10.5 Å². The zero-order valence-electron chi connectivity index (χ0n) is 16.5. The van der Waals surface area contributed by atoms with E-state index in [1.54, 1.807) is 12.1 Å². The Hall–Kier alpha value is -1.73. The quantitative estimate of drug-likeness (QED) is 0.624. The van der Waals surface area contributed by atoms with E-state index in [-0.39, 0.29) is 34.6 Å². The molecule has 0 saturated heterocycles. The smallest absolute Gasteiger partial charge is 0.178 e. The van der Waals surface area contributed by atoms with Gasteiger partial charge in [0, 0.05) is 24.0 Å². The standard InChI is InChI=1S/C22H28FNO4S/c23-9-17(10-24)11-28-18-4-6-19(7-5-18)29(26,27)15-21-12-22(13-21,14-21)20(25)8-16-2-1-3-16/h4-7,9,16H,1-3,8,10-15,24H2/b17-9+. The van der Waals surface area contributed by atoms with Crippen LogP contribution in [0.15, 0.2) is 41.1 Å². The number of ketones is 1. The average Bonchev–Trinajstić information content (AvgIpc) is 2.61. The maximum absolute atomic E-state index is 12.8. The molecule has 0 aliphatic heterocycles. The van der Waals surface area contributed by atoms with Crippen molar-refractivity contribution in [2.24, 2.45) is 22.5 Å². The summed E-state index contributed by atoms with van der Waals surface area (Å²) < 4.78 is 43.6. The number of halogens is 1. The summed E-state index contributed by atoms with van der Waals surface area (Å²) >= 11 is 0. The highest BCUT2D eigenvalue weighted by molar-refractivity contribution is 7.91. The zero-order chi connectivity index (χ0) is 20.7. The third kappa shape index (κ3) is 3.87. The molecule has 1 aromatic rings. The van der Waals surface area contributed by atoms with Gasteiger partial charge in [-0.15, -0.1) is 0 Å². The van der Waals surface area contributed by atoms with Crippen LogP contribution in [0, 0.1) is 16.7 Å². The fraction of sp³-hybridized carbons (Fsp3) is 0.591. The monoisotopic (exact) mass is 421 g/mol. The molecule has 4 aliphatic carbocycles. The summed E-state index contributed by atoms with van der Waals surface area (Å²) in [6.45, 7) is 0.0921. The van der Waals surface area contributed by atoms with Crippen molar-refractivity contribution in [2.75, 3.05) is 18.9 Å². The van der Waals surface area contributed by atoms with Gasteiger partial charge in [0.2, 0.25) is 0 Å². The molecule has 0 aromatic heterocycles. The third-order valence-electron chi connectivity index (χ3n) is 6.95. The van der Waals surface area contributed by atoms with Crippen molar-refractivity contribution in [3.8, 4) is 5.75 Å². The van der Waals surface area contributed by atoms with E-state index < -0.39 is 9.84 Å². The first-order valence-corrected chi connectivity index (χ1v) is 11.9. The van der Waals surface area contributed by atoms with Crippen LogP contribution in [-0.2, 0) is 14.6 Å². The van der Waals surface area contributed by atoms with Crippen LogP contribution < -0.4 is 10.5 Å². The molecule has 0 spiro atoms. The van der Waals surface area contributed by atoms with E-state index in [4.69, 9.17) is 10.5 Å². The lowest BCUT2D eigenvalue weighted by Crippen LogP contribution is -2.67. The molecule has 0 unspecified atom stereocenters. The lowest BCUT2D eigenvalue weighted by atomic mass is 9.34. The maximum Gasteiger partial charge on any atom is 0.178 e. The van der Waals surface area contributed by atoms with E-state index in [9.17, 15) is 17.6 Å². The minimum Gasteiger partial charge on any atom is -0.489 e. The van der Waals surface area contributed by atoms with Crippen molar-refractivity contribution in [1.29, 1.82) is 0 Å². The van der Waals surface area contributed by atoms with Gasteiger partial charge in [0.15, 0.2) is 9.84 Å². The van der Waals surface area contributed by atoms with Crippen LogP contribution in [0.1, 0.15) is 44.9 Å². The normalized spacial score (nSPS) is 28.8. The Labute approximate surface area is 171 Å². The highest BCUT2D eigenvalue weighted by Crippen LogP contribution is 2.74. The molecule has 158 valence electrons. The van der Waals surface area contributed by atoms with Gasteiger partial charge >= 0.3 is 0 Å². The number of hydrogen-bond donors (Lipinski definition) is 1. The molecule has 0 amide bonds. The van der Waals surface area contributed by atoms with Crippen molar-refractivity contribution in [3.63, 3.8) is 0 Å². The summed E-state index contributed by atoms with van der Waals surface area (Å²) in [4.78, 5) is 12.8. The van der Waals surface area contributed by atoms with E-state index in [0.717, 1.165) is 19.3 Å². The molecule has 4 aliphatic rings. The predicted octanol–water partition coefficient (Wildman–Crippen LogP) is 3.58. The van der Waals surface area contributed by atoms with Gasteiger partial charge in [-0.2, -0.15) is 0 Å². The largest absolute Gasteiger partial charge is 0.489 e. The number of ether oxygens (including phenoxy) is 1. The molecule has 4 saturated carbocycles. The summed E-state index contributed by atoms with van der Waals surface area (Å²) in [5, 5.41) is 0. The number of nitrogens with two attached hydrogens (primary N) is 1. The number of carbonyl (C=O) groups is 1. The van der Waals surface area contributed by atoms with Crippen molar-refractivity contribution in [1.82, 2.24) is 0 Å². The predicted molar refractivity (Wildman–Crippen MR) is 108 cm³/mol. The van der Waals surface area contributed by atoms with Gasteiger partial charge in [-0.3, -0.25) is 4.79 Å². The Morgan fingerprint density at radius 3 is 2.38 bits per heavy atom. The highest BCUT2D eigenvalue weighted by Gasteiger charge is 2.71. The minimum absolute atomic E-state index is 0.0270. The lowest BCUT2D eigenvalue weighted by molar-refractivity contribution is -0.197. The van der Waals surface area contributed by atoms with Crippen molar-refractivity contribution in [3.05, 3.63) is 36.2 Å². The number of sulfone groups is 1. The van der Waals surface area contributed by atoms with Crippen LogP contribution in [0.5, 0.6) is 5.75 Å². The van der Waals surface area contributed by atoms with E-state index >= 15 is 0 Å². The lowest BCUT2D eigenvalue weighted by Gasteiger charge is -2.70. The first-order chi connectivity index (χ1) is 13.8. The molecule has 0 radical (unpaired) electrons. The second-order valence-electron chi connectivity index (χ2n) is 9.23. The molecule has 2 bridgehead atoms. The summed E-state index contributed by atoms with van der Waals surface area (Å²) in [6, 6.07) is 6.19.